The molecule has 0 spiro atoms. The average Bonchev–Trinajstić information content (AvgIpc) is 3.71. The Balaban J connectivity index is 1.28. The summed E-state index contributed by atoms with van der Waals surface area (Å²) in [6, 6.07) is 52.9. The van der Waals surface area contributed by atoms with Crippen LogP contribution in [0.3, 0.4) is 0 Å². The predicted octanol–water partition coefficient (Wildman–Crippen LogP) is 9.33. The molecule has 0 bridgehead atoms. The molecule has 6 heteroatoms. The van der Waals surface area contributed by atoms with Crippen molar-refractivity contribution in [3.05, 3.63) is 173 Å². The Morgan fingerprint density at radius 1 is 0.620 bits per heavy atom. The number of aliphatic imine (C=N–C) groups is 2. The Bertz CT molecular complexity index is 2740. The molecule has 1 aliphatic heterocycles. The summed E-state index contributed by atoms with van der Waals surface area (Å²) in [4.78, 5) is 10.6. The normalized spacial score (nSPS) is 15.2. The maximum atomic E-state index is 9.48. The van der Waals surface area contributed by atoms with Crippen LogP contribution in [0, 0.1) is 11.3 Å². The summed E-state index contributed by atoms with van der Waals surface area (Å²) >= 11 is 0. The van der Waals surface area contributed by atoms with Crippen LogP contribution in [0.2, 0.25) is 0 Å². The molecule has 1 aliphatic carbocycles. The van der Waals surface area contributed by atoms with Crippen LogP contribution < -0.4 is 5.32 Å². The molecule has 0 saturated carbocycles. The average molecular weight is 643 g/mol. The van der Waals surface area contributed by atoms with Crippen molar-refractivity contribution in [1.82, 2.24) is 14.5 Å². The van der Waals surface area contributed by atoms with Crippen LogP contribution in [0.15, 0.2) is 156 Å². The van der Waals surface area contributed by atoms with Crippen molar-refractivity contribution in [2.24, 2.45) is 9.98 Å². The first-order valence-electron chi connectivity index (χ1n) is 17.0. The molecule has 0 radical (unpaired) electrons. The molecule has 236 valence electrons. The Morgan fingerprint density at radius 3 is 1.96 bits per heavy atom. The fourth-order valence-corrected chi connectivity index (χ4v) is 7.85. The molecule has 3 heterocycles. The van der Waals surface area contributed by atoms with Crippen LogP contribution >= 0.6 is 0 Å². The summed E-state index contributed by atoms with van der Waals surface area (Å²) in [5.41, 5.74) is 10.9. The number of fused-ring (bicyclic) bond motifs is 8. The van der Waals surface area contributed by atoms with Crippen LogP contribution in [0.5, 0.6) is 0 Å². The minimum absolute atomic E-state index is 0.406. The van der Waals surface area contributed by atoms with Gasteiger partial charge < -0.3 is 9.88 Å². The third-order valence-corrected chi connectivity index (χ3v) is 10.1. The lowest BCUT2D eigenvalue weighted by Gasteiger charge is -2.26. The number of benzene rings is 6. The molecule has 0 fully saturated rings. The monoisotopic (exact) mass is 642 g/mol. The van der Waals surface area contributed by atoms with Crippen LogP contribution in [-0.2, 0) is 12.8 Å². The predicted molar refractivity (Wildman–Crippen MR) is 202 cm³/mol. The smallest absolute Gasteiger partial charge is 0.234 e. The Kier molecular flexibility index (Phi) is 6.33. The topological polar surface area (TPSA) is 70.4 Å². The summed E-state index contributed by atoms with van der Waals surface area (Å²) < 4.78 is 4.74. The van der Waals surface area contributed by atoms with E-state index in [1.165, 1.54) is 43.9 Å². The van der Waals surface area contributed by atoms with E-state index in [1.54, 1.807) is 0 Å². The van der Waals surface area contributed by atoms with Crippen LogP contribution in [0.4, 0.5) is 0 Å². The number of nitrogens with one attached hydrogen (secondary N) is 1. The van der Waals surface area contributed by atoms with Crippen LogP contribution in [-0.4, -0.2) is 20.9 Å². The van der Waals surface area contributed by atoms with Crippen molar-refractivity contribution in [3.63, 3.8) is 0 Å². The second-order valence-electron chi connectivity index (χ2n) is 12.9. The van der Waals surface area contributed by atoms with Gasteiger partial charge in [-0.3, -0.25) is 4.57 Å². The van der Waals surface area contributed by atoms with Gasteiger partial charge in [0.25, 0.3) is 0 Å². The fraction of sp³-hybridized carbons (Fsp3) is 0.0682. The second-order valence-corrected chi connectivity index (χ2v) is 12.9. The van der Waals surface area contributed by atoms with E-state index in [2.05, 4.69) is 124 Å². The number of hydrogen-bond acceptors (Lipinski definition) is 4. The minimum Gasteiger partial charge on any atom is -0.344 e. The van der Waals surface area contributed by atoms with Crippen molar-refractivity contribution in [2.45, 2.75) is 19.0 Å². The number of rotatable bonds is 3. The third kappa shape index (κ3) is 4.34. The van der Waals surface area contributed by atoms with E-state index >= 15 is 0 Å². The summed E-state index contributed by atoms with van der Waals surface area (Å²) in [6.07, 6.45) is 1.45. The van der Waals surface area contributed by atoms with Gasteiger partial charge >= 0.3 is 0 Å². The molecule has 8 aromatic rings. The maximum absolute atomic E-state index is 9.48. The number of amidine groups is 1. The first-order chi connectivity index (χ1) is 24.7. The highest BCUT2D eigenvalue weighted by atomic mass is 15.3. The molecule has 1 N–H and O–H groups in total. The SMILES string of the molecule is N#Cc1ccc(C2N=C(n3c4c(c5ccccc53)CCc3c-4n(-c4ccc5ccccc5c4)c4ccccc34)N=C(c3ccccc3)N2)cc1. The van der Waals surface area contributed by atoms with E-state index in [1.807, 2.05) is 42.5 Å². The standard InChI is InChI=1S/C44H30N6/c45-27-28-18-20-31(21-19-28)43-46-42(30-11-2-1-3-12-30)47-44(48-43)50-39-17-9-7-15-35(39)37-25-24-36-34-14-6-8-16-38(34)49(40(36)41(37)50)33-23-22-29-10-4-5-13-32(29)26-33/h1-23,26,43H,24-25H2,(H,46,47,48). The zero-order chi connectivity index (χ0) is 33.2. The zero-order valence-corrected chi connectivity index (χ0v) is 27.1. The molecule has 2 aliphatic rings. The van der Waals surface area contributed by atoms with Crippen molar-refractivity contribution < 1.29 is 0 Å². The molecule has 1 unspecified atom stereocenters. The van der Waals surface area contributed by atoms with E-state index in [0.717, 1.165) is 46.7 Å². The molecule has 0 saturated heterocycles. The quantitative estimate of drug-likeness (QED) is 0.209. The van der Waals surface area contributed by atoms with Gasteiger partial charge in [0.1, 0.15) is 12.0 Å². The molecule has 2 aromatic heterocycles. The van der Waals surface area contributed by atoms with Gasteiger partial charge in [0.05, 0.1) is 34.1 Å². The molecule has 0 amide bonds. The van der Waals surface area contributed by atoms with Gasteiger partial charge in [0.2, 0.25) is 5.96 Å². The highest BCUT2D eigenvalue weighted by molar-refractivity contribution is 6.12. The third-order valence-electron chi connectivity index (χ3n) is 10.1. The Hall–Kier alpha value is -6.71. The van der Waals surface area contributed by atoms with E-state index in [4.69, 9.17) is 9.98 Å². The Labute approximate surface area is 288 Å². The van der Waals surface area contributed by atoms with Gasteiger partial charge in [0.15, 0.2) is 0 Å². The number of aromatic nitrogens is 2. The van der Waals surface area contributed by atoms with E-state index in [-0.39, 0.29) is 0 Å². The van der Waals surface area contributed by atoms with E-state index in [0.29, 0.717) is 11.5 Å². The van der Waals surface area contributed by atoms with Crippen molar-refractivity contribution in [3.8, 4) is 23.1 Å². The lowest BCUT2D eigenvalue weighted by atomic mass is 9.92. The van der Waals surface area contributed by atoms with Gasteiger partial charge in [0, 0.05) is 22.0 Å². The van der Waals surface area contributed by atoms with Gasteiger partial charge in [-0.25, -0.2) is 4.99 Å². The number of aryl methyl sites for hydroxylation is 2. The van der Waals surface area contributed by atoms with Gasteiger partial charge in [-0.05, 0) is 76.7 Å². The summed E-state index contributed by atoms with van der Waals surface area (Å²) in [6.45, 7) is 0. The van der Waals surface area contributed by atoms with Crippen molar-refractivity contribution in [1.29, 1.82) is 5.26 Å². The van der Waals surface area contributed by atoms with Crippen LogP contribution in [0.25, 0.3) is 49.7 Å². The number of hydrogen-bond donors (Lipinski definition) is 1. The molecular weight excluding hydrogens is 613 g/mol. The summed E-state index contributed by atoms with van der Waals surface area (Å²) in [5.74, 6) is 1.38. The number of para-hydroxylation sites is 2. The van der Waals surface area contributed by atoms with Gasteiger partial charge in [-0.1, -0.05) is 109 Å². The van der Waals surface area contributed by atoms with E-state index in [9.17, 15) is 5.26 Å². The number of nitrogens with zero attached hydrogens (tertiary/aromatic N) is 5. The molecule has 10 rings (SSSR count). The zero-order valence-electron chi connectivity index (χ0n) is 27.1. The molecule has 6 nitrogen and oxygen atoms in total. The summed E-state index contributed by atoms with van der Waals surface area (Å²) in [5, 5.41) is 18.0. The highest BCUT2D eigenvalue weighted by Crippen LogP contribution is 2.46. The van der Waals surface area contributed by atoms with Crippen LogP contribution in [0.1, 0.15) is 34.0 Å². The minimum atomic E-state index is -0.406. The molecule has 50 heavy (non-hydrogen) atoms. The molecule has 6 aromatic carbocycles. The lowest BCUT2D eigenvalue weighted by molar-refractivity contribution is 0.667. The Morgan fingerprint density at radius 2 is 1.24 bits per heavy atom. The molecular formula is C44H30N6. The first-order valence-corrected chi connectivity index (χ1v) is 17.0. The second kappa shape index (κ2) is 11.2. The number of nitriles is 1. The van der Waals surface area contributed by atoms with Gasteiger partial charge in [-0.2, -0.15) is 10.3 Å². The van der Waals surface area contributed by atoms with Crippen molar-refractivity contribution >= 4 is 44.4 Å². The highest BCUT2D eigenvalue weighted by Gasteiger charge is 2.33. The van der Waals surface area contributed by atoms with Crippen molar-refractivity contribution in [2.75, 3.05) is 0 Å². The maximum Gasteiger partial charge on any atom is 0.234 e. The molecule has 1 atom stereocenters. The van der Waals surface area contributed by atoms with Gasteiger partial charge in [-0.15, -0.1) is 0 Å². The lowest BCUT2D eigenvalue weighted by Crippen LogP contribution is -2.35. The van der Waals surface area contributed by atoms with E-state index < -0.39 is 6.17 Å². The largest absolute Gasteiger partial charge is 0.344 e. The summed E-state index contributed by atoms with van der Waals surface area (Å²) in [7, 11) is 0. The first kappa shape index (κ1) is 28.3. The fourth-order valence-electron chi connectivity index (χ4n) is 7.85.